The fourth-order valence-corrected chi connectivity index (χ4v) is 4.17. The fourth-order valence-electron chi connectivity index (χ4n) is 2.19. The van der Waals surface area contributed by atoms with Gasteiger partial charge in [0, 0.05) is 4.47 Å². The molecule has 0 saturated heterocycles. The molecule has 1 aromatic carbocycles. The number of furan rings is 2. The predicted molar refractivity (Wildman–Crippen MR) is 87.9 cm³/mol. The zero-order valence-corrected chi connectivity index (χ0v) is 14.8. The molecule has 0 radical (unpaired) electrons. The maximum atomic E-state index is 14.1. The zero-order valence-electron chi connectivity index (χ0n) is 12.4. The summed E-state index contributed by atoms with van der Waals surface area (Å²) in [5, 5.41) is 0. The Morgan fingerprint density at radius 1 is 1.00 bits per heavy atom. The van der Waals surface area contributed by atoms with Gasteiger partial charge in [-0.25, -0.2) is 12.8 Å². The third-order valence-electron chi connectivity index (χ3n) is 3.34. The molecule has 0 aliphatic heterocycles. The quantitative estimate of drug-likeness (QED) is 0.608. The lowest BCUT2D eigenvalue weighted by molar-refractivity contribution is 0.329. The summed E-state index contributed by atoms with van der Waals surface area (Å²) in [5.74, 6) is 0.0724. The molecular weight excluding hydrogens is 401 g/mol. The molecule has 0 saturated carbocycles. The molecular formula is C16H13BrFNO4S. The molecule has 126 valence electrons. The molecule has 8 heteroatoms. The summed E-state index contributed by atoms with van der Waals surface area (Å²) in [6.07, 6.45) is 2.90. The third-order valence-corrected chi connectivity index (χ3v) is 5.64. The highest BCUT2D eigenvalue weighted by Gasteiger charge is 2.29. The van der Waals surface area contributed by atoms with Crippen molar-refractivity contribution in [1.29, 1.82) is 0 Å². The molecule has 0 atom stereocenters. The second-order valence-corrected chi connectivity index (χ2v) is 7.83. The SMILES string of the molecule is O=S(=O)(c1cc(Br)ccc1F)N(Cc1ccco1)Cc1ccco1. The highest BCUT2D eigenvalue weighted by molar-refractivity contribution is 9.10. The van der Waals surface area contributed by atoms with Gasteiger partial charge >= 0.3 is 0 Å². The number of hydrogen-bond donors (Lipinski definition) is 0. The lowest BCUT2D eigenvalue weighted by Gasteiger charge is -2.20. The van der Waals surface area contributed by atoms with Crippen LogP contribution in [0.4, 0.5) is 4.39 Å². The Morgan fingerprint density at radius 2 is 1.58 bits per heavy atom. The van der Waals surface area contributed by atoms with Gasteiger partial charge < -0.3 is 8.83 Å². The average molecular weight is 414 g/mol. The minimum absolute atomic E-state index is 0.0397. The van der Waals surface area contributed by atoms with Crippen LogP contribution in [0, 0.1) is 5.82 Å². The Balaban J connectivity index is 2.00. The minimum atomic E-state index is -4.10. The van der Waals surface area contributed by atoms with E-state index in [-0.39, 0.29) is 13.1 Å². The van der Waals surface area contributed by atoms with Crippen molar-refractivity contribution < 1.29 is 21.6 Å². The van der Waals surface area contributed by atoms with Gasteiger partial charge in [-0.1, -0.05) is 15.9 Å². The van der Waals surface area contributed by atoms with E-state index >= 15 is 0 Å². The van der Waals surface area contributed by atoms with Crippen molar-refractivity contribution in [3.63, 3.8) is 0 Å². The molecule has 0 aliphatic rings. The summed E-state index contributed by atoms with van der Waals surface area (Å²) in [5.41, 5.74) is 0. The van der Waals surface area contributed by atoms with Crippen LogP contribution in [0.5, 0.6) is 0 Å². The molecule has 24 heavy (non-hydrogen) atoms. The summed E-state index contributed by atoms with van der Waals surface area (Å²) < 4.78 is 52.0. The predicted octanol–water partition coefficient (Wildman–Crippen LogP) is 4.17. The largest absolute Gasteiger partial charge is 0.468 e. The minimum Gasteiger partial charge on any atom is -0.468 e. The number of halogens is 2. The highest BCUT2D eigenvalue weighted by atomic mass is 79.9. The van der Waals surface area contributed by atoms with Crippen LogP contribution in [0.1, 0.15) is 11.5 Å². The number of sulfonamides is 1. The summed E-state index contributed by atoms with van der Waals surface area (Å²) in [4.78, 5) is -0.407. The number of benzene rings is 1. The van der Waals surface area contributed by atoms with Crippen molar-refractivity contribution in [1.82, 2.24) is 4.31 Å². The van der Waals surface area contributed by atoms with Crippen LogP contribution in [0.15, 0.2) is 73.2 Å². The van der Waals surface area contributed by atoms with Crippen molar-refractivity contribution >= 4 is 26.0 Å². The number of rotatable bonds is 6. The van der Waals surface area contributed by atoms with Gasteiger partial charge in [-0.3, -0.25) is 0 Å². The van der Waals surface area contributed by atoms with Crippen LogP contribution in [-0.2, 0) is 23.1 Å². The monoisotopic (exact) mass is 413 g/mol. The summed E-state index contributed by atoms with van der Waals surface area (Å²) >= 11 is 3.17. The zero-order chi connectivity index (χ0) is 17.2. The standard InChI is InChI=1S/C16H13BrFNO4S/c17-12-5-6-15(18)16(9-12)24(20,21)19(10-13-3-1-7-22-13)11-14-4-2-8-23-14/h1-9H,10-11H2. The molecule has 0 spiro atoms. The normalized spacial score (nSPS) is 12.0. The maximum absolute atomic E-state index is 14.1. The van der Waals surface area contributed by atoms with Crippen LogP contribution in [-0.4, -0.2) is 12.7 Å². The first-order valence-corrected chi connectivity index (χ1v) is 9.20. The lowest BCUT2D eigenvalue weighted by atomic mass is 10.3. The highest BCUT2D eigenvalue weighted by Crippen LogP contribution is 2.26. The van der Waals surface area contributed by atoms with Crippen LogP contribution >= 0.6 is 15.9 Å². The van der Waals surface area contributed by atoms with E-state index in [1.54, 1.807) is 24.3 Å². The van der Waals surface area contributed by atoms with E-state index in [0.717, 1.165) is 10.4 Å². The Labute approximate surface area is 146 Å². The van der Waals surface area contributed by atoms with Gasteiger partial charge in [0.25, 0.3) is 0 Å². The van der Waals surface area contributed by atoms with E-state index in [4.69, 9.17) is 8.83 Å². The van der Waals surface area contributed by atoms with E-state index in [1.165, 1.54) is 24.7 Å². The topological polar surface area (TPSA) is 63.7 Å². The molecule has 0 N–H and O–H groups in total. The van der Waals surface area contributed by atoms with Crippen LogP contribution in [0.2, 0.25) is 0 Å². The second kappa shape index (κ2) is 6.92. The van der Waals surface area contributed by atoms with Crippen molar-refractivity contribution in [2.45, 2.75) is 18.0 Å². The van der Waals surface area contributed by atoms with Crippen molar-refractivity contribution in [3.05, 3.63) is 76.8 Å². The molecule has 2 heterocycles. The third kappa shape index (κ3) is 3.61. The molecule has 5 nitrogen and oxygen atoms in total. The van der Waals surface area contributed by atoms with Crippen molar-refractivity contribution in [2.24, 2.45) is 0 Å². The summed E-state index contributed by atoms with van der Waals surface area (Å²) in [6.45, 7) is -0.0794. The lowest BCUT2D eigenvalue weighted by Crippen LogP contribution is -2.30. The van der Waals surface area contributed by atoms with Crippen LogP contribution < -0.4 is 0 Å². The number of nitrogens with zero attached hydrogens (tertiary/aromatic N) is 1. The Bertz CT molecular complexity index is 871. The molecule has 0 unspecified atom stereocenters. The van der Waals surface area contributed by atoms with E-state index < -0.39 is 20.7 Å². The summed E-state index contributed by atoms with van der Waals surface area (Å²) in [7, 11) is -4.10. The van der Waals surface area contributed by atoms with Gasteiger partial charge in [0.05, 0.1) is 25.6 Å². The van der Waals surface area contributed by atoms with E-state index in [0.29, 0.717) is 16.0 Å². The first-order valence-electron chi connectivity index (χ1n) is 6.97. The van der Waals surface area contributed by atoms with Crippen LogP contribution in [0.25, 0.3) is 0 Å². The van der Waals surface area contributed by atoms with Gasteiger partial charge in [-0.15, -0.1) is 0 Å². The van der Waals surface area contributed by atoms with E-state index in [9.17, 15) is 12.8 Å². The second-order valence-electron chi connectivity index (χ2n) is 5.01. The Hall–Kier alpha value is -1.90. The molecule has 0 bridgehead atoms. The molecule has 3 rings (SSSR count). The van der Waals surface area contributed by atoms with Gasteiger partial charge in [-0.2, -0.15) is 4.31 Å². The van der Waals surface area contributed by atoms with Crippen LogP contribution in [0.3, 0.4) is 0 Å². The Morgan fingerprint density at radius 3 is 2.08 bits per heavy atom. The molecule has 0 fully saturated rings. The van der Waals surface area contributed by atoms with Crippen molar-refractivity contribution in [2.75, 3.05) is 0 Å². The number of hydrogen-bond acceptors (Lipinski definition) is 4. The molecule has 0 amide bonds. The van der Waals surface area contributed by atoms with Gasteiger partial charge in [0.15, 0.2) is 0 Å². The first kappa shape index (κ1) is 16.9. The van der Waals surface area contributed by atoms with E-state index in [1.807, 2.05) is 0 Å². The molecule has 3 aromatic rings. The maximum Gasteiger partial charge on any atom is 0.246 e. The summed E-state index contributed by atoms with van der Waals surface area (Å²) in [6, 6.07) is 10.4. The van der Waals surface area contributed by atoms with Gasteiger partial charge in [0.2, 0.25) is 10.0 Å². The van der Waals surface area contributed by atoms with Gasteiger partial charge in [0.1, 0.15) is 22.2 Å². The van der Waals surface area contributed by atoms with E-state index in [2.05, 4.69) is 15.9 Å². The molecule has 2 aromatic heterocycles. The molecule has 0 aliphatic carbocycles. The van der Waals surface area contributed by atoms with Gasteiger partial charge in [-0.05, 0) is 42.5 Å². The van der Waals surface area contributed by atoms with Crippen molar-refractivity contribution in [3.8, 4) is 0 Å². The first-order chi connectivity index (χ1) is 11.5. The smallest absolute Gasteiger partial charge is 0.246 e. The average Bonchev–Trinajstić information content (AvgIpc) is 3.22. The Kier molecular flexibility index (Phi) is 4.88. The fraction of sp³-hybridized carbons (Fsp3) is 0.125.